The van der Waals surface area contributed by atoms with Crippen LogP contribution in [0, 0.1) is 11.3 Å². The van der Waals surface area contributed by atoms with Gasteiger partial charge in [0.25, 0.3) is 0 Å². The maximum absolute atomic E-state index is 9.21. The third kappa shape index (κ3) is 3.27. The molecule has 1 aromatic rings. The highest BCUT2D eigenvalue weighted by Gasteiger charge is 2.10. The number of nitrogens with zero attached hydrogens (tertiary/aromatic N) is 2. The van der Waals surface area contributed by atoms with Crippen LogP contribution in [0.25, 0.3) is 5.57 Å². The van der Waals surface area contributed by atoms with Crippen molar-refractivity contribution >= 4 is 5.57 Å². The first kappa shape index (κ1) is 14.1. The molecule has 0 saturated heterocycles. The summed E-state index contributed by atoms with van der Waals surface area (Å²) >= 11 is 0. The van der Waals surface area contributed by atoms with E-state index in [9.17, 15) is 5.26 Å². The summed E-state index contributed by atoms with van der Waals surface area (Å²) in [5, 5.41) is 9.21. The van der Waals surface area contributed by atoms with Gasteiger partial charge in [0.2, 0.25) is 0 Å². The van der Waals surface area contributed by atoms with E-state index in [0.717, 1.165) is 16.9 Å². The number of benzene rings is 1. The fraction of sp³-hybridized carbons (Fsp3) is 0.400. The predicted octanol–water partition coefficient (Wildman–Crippen LogP) is 3.24. The van der Waals surface area contributed by atoms with E-state index in [1.54, 1.807) is 7.11 Å². The second-order valence-corrected chi connectivity index (χ2v) is 4.73. The molecule has 0 fully saturated rings. The molecule has 0 heterocycles. The zero-order valence-electron chi connectivity index (χ0n) is 11.7. The van der Waals surface area contributed by atoms with E-state index in [4.69, 9.17) is 4.74 Å². The molecule has 0 radical (unpaired) electrons. The summed E-state index contributed by atoms with van der Waals surface area (Å²) in [6.07, 6.45) is 1.83. The molecule has 1 aromatic carbocycles. The molecule has 3 nitrogen and oxygen atoms in total. The van der Waals surface area contributed by atoms with E-state index >= 15 is 0 Å². The largest absolute Gasteiger partial charge is 0.496 e. The molecule has 0 aromatic heterocycles. The number of hydrogen-bond donors (Lipinski definition) is 0. The Bertz CT molecular complexity index is 482. The van der Waals surface area contributed by atoms with Crippen LogP contribution in [0.3, 0.4) is 0 Å². The van der Waals surface area contributed by atoms with Crippen LogP contribution in [0.5, 0.6) is 5.75 Å². The van der Waals surface area contributed by atoms with E-state index in [1.807, 2.05) is 43.4 Å². The highest BCUT2D eigenvalue weighted by Crippen LogP contribution is 2.29. The van der Waals surface area contributed by atoms with Crippen molar-refractivity contribution in [3.63, 3.8) is 0 Å². The second kappa shape index (κ2) is 6.11. The molecule has 1 rings (SSSR count). The number of rotatable bonds is 4. The molecule has 0 aliphatic heterocycles. The Balaban J connectivity index is 3.27. The zero-order valence-corrected chi connectivity index (χ0v) is 11.7. The molecule has 0 unspecified atom stereocenters. The molecule has 0 amide bonds. The molecule has 0 bridgehead atoms. The minimum atomic E-state index is 0.360. The molecule has 0 saturated carbocycles. The summed E-state index contributed by atoms with van der Waals surface area (Å²) in [6, 6.07) is 8.10. The SMILES string of the molecule is COc1ccc(/C(C#N)=C/N(C)C)cc1C(C)C. The molecule has 0 N–H and O–H groups in total. The van der Waals surface area contributed by atoms with Crippen LogP contribution in [0.15, 0.2) is 24.4 Å². The summed E-state index contributed by atoms with van der Waals surface area (Å²) < 4.78 is 5.34. The highest BCUT2D eigenvalue weighted by atomic mass is 16.5. The lowest BCUT2D eigenvalue weighted by Gasteiger charge is -2.14. The fourth-order valence-electron chi connectivity index (χ4n) is 1.78. The van der Waals surface area contributed by atoms with Gasteiger partial charge in [-0.3, -0.25) is 0 Å². The van der Waals surface area contributed by atoms with Crippen molar-refractivity contribution in [2.75, 3.05) is 21.2 Å². The minimum absolute atomic E-state index is 0.360. The van der Waals surface area contributed by atoms with E-state index in [0.29, 0.717) is 11.5 Å². The van der Waals surface area contributed by atoms with Gasteiger partial charge in [-0.25, -0.2) is 0 Å². The van der Waals surface area contributed by atoms with Crippen LogP contribution in [0.1, 0.15) is 30.9 Å². The van der Waals surface area contributed by atoms with Gasteiger partial charge in [-0.05, 0) is 35.2 Å². The van der Waals surface area contributed by atoms with Gasteiger partial charge in [0, 0.05) is 20.3 Å². The molecule has 0 spiro atoms. The summed E-state index contributed by atoms with van der Waals surface area (Å²) in [5.74, 6) is 1.23. The minimum Gasteiger partial charge on any atom is -0.496 e. The summed E-state index contributed by atoms with van der Waals surface area (Å²) in [6.45, 7) is 4.23. The fourth-order valence-corrected chi connectivity index (χ4v) is 1.78. The van der Waals surface area contributed by atoms with Crippen molar-refractivity contribution in [3.05, 3.63) is 35.5 Å². The Kier molecular flexibility index (Phi) is 4.79. The van der Waals surface area contributed by atoms with Crippen molar-refractivity contribution in [1.82, 2.24) is 4.90 Å². The number of methoxy groups -OCH3 is 1. The van der Waals surface area contributed by atoms with Crippen LogP contribution >= 0.6 is 0 Å². The van der Waals surface area contributed by atoms with Gasteiger partial charge in [0.1, 0.15) is 11.8 Å². The average molecular weight is 244 g/mol. The van der Waals surface area contributed by atoms with E-state index in [-0.39, 0.29) is 0 Å². The first-order valence-corrected chi connectivity index (χ1v) is 5.96. The van der Waals surface area contributed by atoms with Gasteiger partial charge < -0.3 is 9.64 Å². The maximum atomic E-state index is 9.21. The van der Waals surface area contributed by atoms with Gasteiger partial charge in [-0.2, -0.15) is 5.26 Å². The zero-order chi connectivity index (χ0) is 13.7. The summed E-state index contributed by atoms with van der Waals surface area (Å²) in [5.41, 5.74) is 2.70. The normalized spacial score (nSPS) is 11.3. The smallest absolute Gasteiger partial charge is 0.122 e. The van der Waals surface area contributed by atoms with Crippen molar-refractivity contribution in [2.45, 2.75) is 19.8 Å². The third-order valence-corrected chi connectivity index (χ3v) is 2.67. The lowest BCUT2D eigenvalue weighted by atomic mass is 9.97. The lowest BCUT2D eigenvalue weighted by Crippen LogP contribution is -2.03. The van der Waals surface area contributed by atoms with Gasteiger partial charge in [-0.1, -0.05) is 13.8 Å². The molecule has 96 valence electrons. The molecular weight excluding hydrogens is 224 g/mol. The third-order valence-electron chi connectivity index (χ3n) is 2.67. The number of allylic oxidation sites excluding steroid dienone is 1. The Morgan fingerprint density at radius 2 is 2.06 bits per heavy atom. The number of ether oxygens (including phenoxy) is 1. The van der Waals surface area contributed by atoms with Crippen LogP contribution in [-0.4, -0.2) is 26.1 Å². The van der Waals surface area contributed by atoms with E-state index in [2.05, 4.69) is 19.9 Å². The molecular formula is C15H20N2O. The first-order valence-electron chi connectivity index (χ1n) is 5.96. The predicted molar refractivity (Wildman–Crippen MR) is 74.4 cm³/mol. The van der Waals surface area contributed by atoms with Crippen LogP contribution in [0.2, 0.25) is 0 Å². The molecule has 0 atom stereocenters. The Hall–Kier alpha value is -1.95. The number of nitriles is 1. The maximum Gasteiger partial charge on any atom is 0.122 e. The van der Waals surface area contributed by atoms with Gasteiger partial charge in [0.05, 0.1) is 12.7 Å². The monoisotopic (exact) mass is 244 g/mol. The number of hydrogen-bond acceptors (Lipinski definition) is 3. The van der Waals surface area contributed by atoms with Crippen molar-refractivity contribution in [1.29, 1.82) is 5.26 Å². The van der Waals surface area contributed by atoms with Crippen molar-refractivity contribution < 1.29 is 4.74 Å². The lowest BCUT2D eigenvalue weighted by molar-refractivity contribution is 0.407. The van der Waals surface area contributed by atoms with E-state index in [1.165, 1.54) is 0 Å². The van der Waals surface area contributed by atoms with Gasteiger partial charge in [-0.15, -0.1) is 0 Å². The topological polar surface area (TPSA) is 36.3 Å². The van der Waals surface area contributed by atoms with Crippen LogP contribution < -0.4 is 4.74 Å². The highest BCUT2D eigenvalue weighted by molar-refractivity contribution is 5.77. The molecule has 3 heteroatoms. The summed E-state index contributed by atoms with van der Waals surface area (Å²) in [4.78, 5) is 1.87. The first-order chi connectivity index (χ1) is 8.49. The van der Waals surface area contributed by atoms with Gasteiger partial charge >= 0.3 is 0 Å². The molecule has 18 heavy (non-hydrogen) atoms. The van der Waals surface area contributed by atoms with Crippen molar-refractivity contribution in [2.24, 2.45) is 0 Å². The van der Waals surface area contributed by atoms with E-state index < -0.39 is 0 Å². The molecule has 0 aliphatic carbocycles. The van der Waals surface area contributed by atoms with Crippen molar-refractivity contribution in [3.8, 4) is 11.8 Å². The van der Waals surface area contributed by atoms with Crippen LogP contribution in [-0.2, 0) is 0 Å². The Morgan fingerprint density at radius 3 is 2.50 bits per heavy atom. The standard InChI is InChI=1S/C15H20N2O/c1-11(2)14-8-12(6-7-15(14)18-5)13(9-16)10-17(3)4/h6-8,10-11H,1-5H3/b13-10+. The quantitative estimate of drug-likeness (QED) is 0.763. The second-order valence-electron chi connectivity index (χ2n) is 4.73. The van der Waals surface area contributed by atoms with Gasteiger partial charge in [0.15, 0.2) is 0 Å². The molecule has 0 aliphatic rings. The Morgan fingerprint density at radius 1 is 1.39 bits per heavy atom. The Labute approximate surface area is 109 Å². The van der Waals surface area contributed by atoms with Crippen LogP contribution in [0.4, 0.5) is 0 Å². The summed E-state index contributed by atoms with van der Waals surface area (Å²) in [7, 11) is 5.48. The average Bonchev–Trinajstić information content (AvgIpc) is 2.34.